The van der Waals surface area contributed by atoms with Gasteiger partial charge in [-0.05, 0) is 46.1 Å². The van der Waals surface area contributed by atoms with Gasteiger partial charge in [-0.2, -0.15) is 5.10 Å². The highest BCUT2D eigenvalue weighted by Crippen LogP contribution is 2.30. The molecule has 2 aliphatic heterocycles. The molecule has 3 rings (SSSR count). The number of nitrogens with one attached hydrogen (secondary N) is 1. The second-order valence-electron chi connectivity index (χ2n) is 6.36. The summed E-state index contributed by atoms with van der Waals surface area (Å²) in [6.07, 6.45) is 4.39. The first kappa shape index (κ1) is 14.6. The summed E-state index contributed by atoms with van der Waals surface area (Å²) in [4.78, 5) is 15.3. The molecular weight excluding hydrogens is 264 g/mol. The van der Waals surface area contributed by atoms with E-state index in [4.69, 9.17) is 0 Å². The van der Waals surface area contributed by atoms with Crippen LogP contribution in [0.4, 0.5) is 0 Å². The summed E-state index contributed by atoms with van der Waals surface area (Å²) in [5.74, 6) is 0.198. The number of amides is 1. The smallest absolute Gasteiger partial charge is 0.258 e. The minimum atomic E-state index is 0.198. The summed E-state index contributed by atoms with van der Waals surface area (Å²) in [7, 11) is 0. The van der Waals surface area contributed by atoms with Crippen LogP contribution in [0.15, 0.2) is 0 Å². The lowest BCUT2D eigenvalue weighted by molar-refractivity contribution is 0.0678. The molecule has 0 saturated carbocycles. The quantitative estimate of drug-likeness (QED) is 0.924. The van der Waals surface area contributed by atoms with E-state index in [1.54, 1.807) is 0 Å². The summed E-state index contributed by atoms with van der Waals surface area (Å²) in [5.41, 5.74) is 2.74. The molecule has 2 atom stereocenters. The highest BCUT2D eigenvalue weighted by atomic mass is 16.2. The van der Waals surface area contributed by atoms with Crippen LogP contribution in [0.3, 0.4) is 0 Å². The third-order valence-electron chi connectivity index (χ3n) is 4.92. The lowest BCUT2D eigenvalue weighted by atomic mass is 10.1. The molecule has 1 aromatic rings. The van der Waals surface area contributed by atoms with Crippen LogP contribution in [-0.4, -0.2) is 45.8 Å². The molecule has 0 aliphatic carbocycles. The van der Waals surface area contributed by atoms with Gasteiger partial charge in [0.25, 0.3) is 5.91 Å². The Hall–Kier alpha value is -1.36. The van der Waals surface area contributed by atoms with Crippen LogP contribution in [0.25, 0.3) is 0 Å². The monoisotopic (exact) mass is 290 g/mol. The van der Waals surface area contributed by atoms with Gasteiger partial charge in [-0.3, -0.25) is 9.48 Å². The van der Waals surface area contributed by atoms with Gasteiger partial charge < -0.3 is 10.2 Å². The minimum Gasteiger partial charge on any atom is -0.331 e. The number of nitrogens with zero attached hydrogens (tertiary/aromatic N) is 3. The van der Waals surface area contributed by atoms with Crippen LogP contribution in [0.5, 0.6) is 0 Å². The molecule has 5 heteroatoms. The first-order valence-corrected chi connectivity index (χ1v) is 8.20. The van der Waals surface area contributed by atoms with Gasteiger partial charge in [0.15, 0.2) is 0 Å². The largest absolute Gasteiger partial charge is 0.331 e. The van der Waals surface area contributed by atoms with E-state index in [-0.39, 0.29) is 5.91 Å². The van der Waals surface area contributed by atoms with Crippen molar-refractivity contribution in [2.24, 2.45) is 0 Å². The Morgan fingerprint density at radius 2 is 2.05 bits per heavy atom. The maximum absolute atomic E-state index is 13.1. The minimum absolute atomic E-state index is 0.198. The number of aryl methyl sites for hydroxylation is 2. The zero-order valence-electron chi connectivity index (χ0n) is 13.4. The molecule has 0 aromatic carbocycles. The van der Waals surface area contributed by atoms with Crippen molar-refractivity contribution in [1.82, 2.24) is 20.0 Å². The Kier molecular flexibility index (Phi) is 4.02. The second kappa shape index (κ2) is 5.79. The fourth-order valence-electron chi connectivity index (χ4n) is 3.88. The van der Waals surface area contributed by atoms with Crippen molar-refractivity contribution in [3.63, 3.8) is 0 Å². The zero-order valence-corrected chi connectivity index (χ0v) is 13.4. The van der Waals surface area contributed by atoms with Crippen LogP contribution in [0, 0.1) is 13.8 Å². The lowest BCUT2D eigenvalue weighted by Gasteiger charge is -2.28. The molecule has 1 N–H and O–H groups in total. The Labute approximate surface area is 126 Å². The summed E-state index contributed by atoms with van der Waals surface area (Å²) < 4.78 is 1.99. The highest BCUT2D eigenvalue weighted by molar-refractivity contribution is 5.97. The average molecular weight is 290 g/mol. The molecule has 0 radical (unpaired) electrons. The van der Waals surface area contributed by atoms with Gasteiger partial charge in [0.1, 0.15) is 0 Å². The molecule has 0 spiro atoms. The zero-order chi connectivity index (χ0) is 15.0. The van der Waals surface area contributed by atoms with Crippen LogP contribution >= 0.6 is 0 Å². The number of carbonyl (C=O) groups is 1. The molecule has 1 amide bonds. The first-order chi connectivity index (χ1) is 10.1. The summed E-state index contributed by atoms with van der Waals surface area (Å²) in [6, 6.07) is 0.768. The maximum Gasteiger partial charge on any atom is 0.258 e. The van der Waals surface area contributed by atoms with Crippen LogP contribution in [0.1, 0.15) is 54.4 Å². The van der Waals surface area contributed by atoms with Gasteiger partial charge in [-0.1, -0.05) is 6.92 Å². The van der Waals surface area contributed by atoms with Crippen molar-refractivity contribution in [3.05, 3.63) is 17.0 Å². The molecule has 2 aliphatic rings. The number of fused-ring (bicyclic) bond motifs is 2. The Balaban J connectivity index is 1.91. The maximum atomic E-state index is 13.1. The molecule has 2 fully saturated rings. The van der Waals surface area contributed by atoms with E-state index in [9.17, 15) is 4.79 Å². The third-order valence-corrected chi connectivity index (χ3v) is 4.92. The van der Waals surface area contributed by atoms with Gasteiger partial charge in [0.05, 0.1) is 11.3 Å². The molecule has 2 unspecified atom stereocenters. The Morgan fingerprint density at radius 1 is 1.29 bits per heavy atom. The van der Waals surface area contributed by atoms with Crippen molar-refractivity contribution in [2.75, 3.05) is 13.1 Å². The van der Waals surface area contributed by atoms with E-state index in [0.717, 1.165) is 62.3 Å². The van der Waals surface area contributed by atoms with Gasteiger partial charge in [-0.15, -0.1) is 0 Å². The third kappa shape index (κ3) is 2.48. The second-order valence-corrected chi connectivity index (χ2v) is 6.36. The number of hydrogen-bond donors (Lipinski definition) is 1. The number of carbonyl (C=O) groups excluding carboxylic acids is 1. The molecular formula is C16H26N4O. The number of rotatable bonds is 3. The average Bonchev–Trinajstić information content (AvgIpc) is 2.86. The molecule has 2 bridgehead atoms. The van der Waals surface area contributed by atoms with Crippen molar-refractivity contribution in [1.29, 1.82) is 0 Å². The van der Waals surface area contributed by atoms with E-state index in [1.807, 2.05) is 18.5 Å². The Bertz CT molecular complexity index is 523. The van der Waals surface area contributed by atoms with E-state index < -0.39 is 0 Å². The predicted octanol–water partition coefficient (Wildman–Crippen LogP) is 1.88. The summed E-state index contributed by atoms with van der Waals surface area (Å²) in [6.45, 7) is 8.97. The topological polar surface area (TPSA) is 50.2 Å². The molecule has 2 saturated heterocycles. The summed E-state index contributed by atoms with van der Waals surface area (Å²) in [5, 5.41) is 8.02. The first-order valence-electron chi connectivity index (χ1n) is 8.20. The van der Waals surface area contributed by atoms with Gasteiger partial charge in [-0.25, -0.2) is 0 Å². The van der Waals surface area contributed by atoms with E-state index >= 15 is 0 Å². The molecule has 116 valence electrons. The van der Waals surface area contributed by atoms with Crippen LogP contribution in [-0.2, 0) is 6.54 Å². The number of hydrogen-bond acceptors (Lipinski definition) is 3. The molecule has 5 nitrogen and oxygen atoms in total. The normalized spacial score (nSPS) is 25.2. The van der Waals surface area contributed by atoms with Crippen molar-refractivity contribution in [2.45, 2.75) is 65.1 Å². The molecule has 3 heterocycles. The van der Waals surface area contributed by atoms with Gasteiger partial charge in [0, 0.05) is 30.9 Å². The SMILES string of the molecule is CCCn1nc(C)c(C(=O)N2C3CCNCC2CC3)c1C. The highest BCUT2D eigenvalue weighted by Gasteiger charge is 2.39. The van der Waals surface area contributed by atoms with Crippen LogP contribution < -0.4 is 5.32 Å². The van der Waals surface area contributed by atoms with Gasteiger partial charge >= 0.3 is 0 Å². The fourth-order valence-corrected chi connectivity index (χ4v) is 3.88. The molecule has 21 heavy (non-hydrogen) atoms. The van der Waals surface area contributed by atoms with E-state index in [1.165, 1.54) is 0 Å². The summed E-state index contributed by atoms with van der Waals surface area (Å²) >= 11 is 0. The fraction of sp³-hybridized carbons (Fsp3) is 0.750. The standard InChI is InChI=1S/C16H26N4O/c1-4-9-19-12(3)15(11(2)18-19)16(21)20-13-5-6-14(20)10-17-8-7-13/h13-14,17H,4-10H2,1-3H3. The van der Waals surface area contributed by atoms with Crippen molar-refractivity contribution in [3.8, 4) is 0 Å². The van der Waals surface area contributed by atoms with Gasteiger partial charge in [0.2, 0.25) is 0 Å². The lowest BCUT2D eigenvalue weighted by Crippen LogP contribution is -2.42. The molecule has 1 aromatic heterocycles. The predicted molar refractivity (Wildman–Crippen MR) is 82.5 cm³/mol. The van der Waals surface area contributed by atoms with Crippen molar-refractivity contribution < 1.29 is 4.79 Å². The number of aromatic nitrogens is 2. The van der Waals surface area contributed by atoms with Crippen molar-refractivity contribution >= 4 is 5.91 Å². The van der Waals surface area contributed by atoms with E-state index in [0.29, 0.717) is 12.1 Å². The Morgan fingerprint density at radius 3 is 2.81 bits per heavy atom. The van der Waals surface area contributed by atoms with Crippen LogP contribution in [0.2, 0.25) is 0 Å². The van der Waals surface area contributed by atoms with E-state index in [2.05, 4.69) is 22.2 Å².